The number of aliphatic hydroxyl groups excluding tert-OH is 3. The van der Waals surface area contributed by atoms with Gasteiger partial charge in [-0.25, -0.2) is 0 Å². The lowest BCUT2D eigenvalue weighted by Crippen LogP contribution is -2.58. The molecule has 4 fully saturated rings. The van der Waals surface area contributed by atoms with E-state index in [2.05, 4.69) is 68.8 Å². The van der Waals surface area contributed by atoms with Crippen LogP contribution in [0, 0.1) is 64.1 Å². The van der Waals surface area contributed by atoms with Crippen LogP contribution in [-0.4, -0.2) is 102 Å². The Hall–Kier alpha value is -4.79. The topological polar surface area (TPSA) is 201 Å². The molecular weight excluding hydrogens is 1020 g/mol. The smallest absolute Gasteiger partial charge is 0.188 e. The van der Waals surface area contributed by atoms with Gasteiger partial charge >= 0.3 is 0 Å². The largest absolute Gasteiger partial charge is 0.508 e. The van der Waals surface area contributed by atoms with Crippen LogP contribution >= 0.6 is 0 Å². The Morgan fingerprint density at radius 1 is 0.877 bits per heavy atom. The van der Waals surface area contributed by atoms with Gasteiger partial charge in [0.2, 0.25) is 0 Å². The number of hydrogen-bond donors (Lipinski definition) is 8. The maximum absolute atomic E-state index is 13.0. The molecule has 3 aromatic rings. The highest BCUT2D eigenvalue weighted by Crippen LogP contribution is 2.69. The van der Waals surface area contributed by atoms with Crippen molar-refractivity contribution >= 4 is 5.96 Å². The second-order valence-corrected chi connectivity index (χ2v) is 27.4. The molecule has 6 heterocycles. The molecule has 81 heavy (non-hydrogen) atoms. The summed E-state index contributed by atoms with van der Waals surface area (Å²) in [5.41, 5.74) is 13.2. The Morgan fingerprint density at radius 2 is 1.72 bits per heavy atom. The molecule has 16 atom stereocenters. The number of phenols is 2. The van der Waals surface area contributed by atoms with E-state index in [9.17, 15) is 25.5 Å². The fourth-order valence-electron chi connectivity index (χ4n) is 18.6. The number of benzene rings is 3. The molecule has 16 unspecified atom stereocenters. The van der Waals surface area contributed by atoms with E-state index in [1.165, 1.54) is 6.42 Å². The van der Waals surface area contributed by atoms with Gasteiger partial charge in [0.25, 0.3) is 0 Å². The third kappa shape index (κ3) is 10.4. The highest BCUT2D eigenvalue weighted by atomic mass is 16.5. The van der Waals surface area contributed by atoms with Crippen molar-refractivity contribution in [3.05, 3.63) is 88.5 Å². The van der Waals surface area contributed by atoms with E-state index in [1.54, 1.807) is 13.2 Å². The number of rotatable bonds is 7. The van der Waals surface area contributed by atoms with E-state index in [-0.39, 0.29) is 64.5 Å². The molecule has 13 nitrogen and oxygen atoms in total. The van der Waals surface area contributed by atoms with Gasteiger partial charge in [0.1, 0.15) is 29.5 Å². The summed E-state index contributed by atoms with van der Waals surface area (Å²) < 4.78 is 27.4. The van der Waals surface area contributed by atoms with Crippen LogP contribution in [0.4, 0.5) is 0 Å². The normalized spacial score (nSPS) is 37.2. The minimum atomic E-state index is -0.919. The summed E-state index contributed by atoms with van der Waals surface area (Å²) in [5, 5.41) is 66.3. The van der Waals surface area contributed by atoms with Crippen molar-refractivity contribution in [3.8, 4) is 39.9 Å². The highest BCUT2D eigenvalue weighted by Gasteiger charge is 2.66. The number of hydrogen-bond acceptors (Lipinski definition) is 13. The van der Waals surface area contributed by atoms with Gasteiger partial charge in [-0.1, -0.05) is 57.6 Å². The lowest BCUT2D eigenvalue weighted by molar-refractivity contribution is -0.198. The summed E-state index contributed by atoms with van der Waals surface area (Å²) in [4.78, 5) is 5.33. The molecule has 6 aliphatic carbocycles. The quantitative estimate of drug-likeness (QED) is 0.104. The molecule has 12 aliphatic rings. The van der Waals surface area contributed by atoms with Gasteiger partial charge in [-0.2, -0.15) is 0 Å². The van der Waals surface area contributed by atoms with Crippen molar-refractivity contribution in [3.63, 3.8) is 0 Å². The fraction of sp³-hybridized carbons (Fsp3) is 0.662. The molecule has 13 heteroatoms. The monoisotopic (exact) mass is 1110 g/mol. The summed E-state index contributed by atoms with van der Waals surface area (Å²) in [6.07, 6.45) is 23.0. The summed E-state index contributed by atoms with van der Waals surface area (Å²) in [6.45, 7) is 9.46. The van der Waals surface area contributed by atoms with E-state index in [0.717, 1.165) is 117 Å². The average Bonchev–Trinajstić information content (AvgIpc) is 3.00. The van der Waals surface area contributed by atoms with Crippen LogP contribution in [0.25, 0.3) is 11.1 Å². The molecule has 3 aromatic carbocycles. The van der Waals surface area contributed by atoms with Gasteiger partial charge in [0.05, 0.1) is 24.9 Å². The molecule has 1 saturated heterocycles. The van der Waals surface area contributed by atoms with Gasteiger partial charge in [-0.05, 0) is 227 Å². The zero-order valence-corrected chi connectivity index (χ0v) is 49.0. The zero-order chi connectivity index (χ0) is 56.4. The predicted molar refractivity (Wildman–Crippen MR) is 317 cm³/mol. The first kappa shape index (κ1) is 56.7. The Labute approximate surface area is 481 Å². The van der Waals surface area contributed by atoms with E-state index in [1.807, 2.05) is 24.3 Å². The van der Waals surface area contributed by atoms with E-state index in [0.29, 0.717) is 116 Å². The molecule has 6 aliphatic heterocycles. The summed E-state index contributed by atoms with van der Waals surface area (Å²) in [6, 6.07) is 11.4. The first-order valence-electron chi connectivity index (χ1n) is 31.6. The van der Waals surface area contributed by atoms with Crippen molar-refractivity contribution < 1.29 is 44.5 Å². The lowest BCUT2D eigenvalue weighted by atomic mass is 9.52. The number of methoxy groups -OCH3 is 1. The lowest BCUT2D eigenvalue weighted by Gasteiger charge is -2.58. The third-order valence-electron chi connectivity index (χ3n) is 22.5. The van der Waals surface area contributed by atoms with Crippen LogP contribution in [0.2, 0.25) is 0 Å². The van der Waals surface area contributed by atoms with Crippen molar-refractivity contribution in [2.75, 3.05) is 47.0 Å². The third-order valence-corrected chi connectivity index (χ3v) is 22.5. The molecule has 3 saturated carbocycles. The second-order valence-electron chi connectivity index (χ2n) is 27.4. The predicted octanol–water partition coefficient (Wildman–Crippen LogP) is 10.6. The molecule has 0 amide bonds. The van der Waals surface area contributed by atoms with Crippen molar-refractivity contribution in [2.24, 2.45) is 74.8 Å². The molecule has 3 spiro atoms. The van der Waals surface area contributed by atoms with Crippen molar-refractivity contribution in [1.82, 2.24) is 10.6 Å². The Balaban J connectivity index is 0.954. The molecule has 0 aromatic heterocycles. The number of nitrogens with two attached hydrogens (primary N) is 1. The number of allylic oxidation sites excluding steroid dienone is 3. The van der Waals surface area contributed by atoms with Crippen molar-refractivity contribution in [2.45, 2.75) is 172 Å². The molecule has 15 rings (SSSR count). The molecule has 10 bridgehead atoms. The number of phenolic OH excluding ortho intramolecular Hbond substituents is 2. The molecule has 0 radical (unpaired) electrons. The van der Waals surface area contributed by atoms with Gasteiger partial charge in [0, 0.05) is 61.8 Å². The number of nitrogens with one attached hydrogen (secondary N) is 2. The average molecular weight is 1110 g/mol. The highest BCUT2D eigenvalue weighted by molar-refractivity contribution is 5.84. The van der Waals surface area contributed by atoms with Gasteiger partial charge in [-0.3, -0.25) is 4.99 Å². The number of ether oxygens (including phenoxy) is 4. The second kappa shape index (κ2) is 23.0. The Bertz CT molecular complexity index is 2870. The van der Waals surface area contributed by atoms with E-state index >= 15 is 0 Å². The SMILES string of the molecule is CCC1CC2C=CC1CC(O)CC1(CCC3C=CC4CCC(CNC)CC45CC31CCO5)CN=C(N)NCCC1C(CO)CCCC1Oc1cc(ccc1O)C1Oc3cc(OC)c4c(c3CC1O)C2Cc1cc(O)c(CC(C)C)cc1-4. The van der Waals surface area contributed by atoms with E-state index in [4.69, 9.17) is 29.7 Å². The molecule has 440 valence electrons. The molecular formula is C68H94N4O9. The van der Waals surface area contributed by atoms with Crippen molar-refractivity contribution in [1.29, 1.82) is 0 Å². The van der Waals surface area contributed by atoms with Crippen LogP contribution < -0.4 is 30.6 Å². The number of fused-ring (bicyclic) bond motifs is 2. The Kier molecular flexibility index (Phi) is 16.1. The van der Waals surface area contributed by atoms with Gasteiger partial charge in [-0.15, -0.1) is 0 Å². The van der Waals surface area contributed by atoms with Gasteiger partial charge < -0.3 is 60.8 Å². The number of aliphatic imine (C=N–C) groups is 1. The first-order valence-corrected chi connectivity index (χ1v) is 31.6. The zero-order valence-electron chi connectivity index (χ0n) is 49.0. The number of aromatic hydroxyl groups is 2. The van der Waals surface area contributed by atoms with Crippen LogP contribution in [0.15, 0.2) is 65.7 Å². The van der Waals surface area contributed by atoms with Crippen LogP contribution in [-0.2, 0) is 24.0 Å². The summed E-state index contributed by atoms with van der Waals surface area (Å²) in [7, 11) is 3.79. The maximum Gasteiger partial charge on any atom is 0.188 e. The van der Waals surface area contributed by atoms with Gasteiger partial charge in [0.15, 0.2) is 17.5 Å². The summed E-state index contributed by atoms with van der Waals surface area (Å²) in [5.74, 6) is 4.65. The number of aliphatic hydroxyl groups is 3. The standard InChI is InChI=1S/C68H94N4O9/c1-6-41-25-43-12-11-42(41)26-50(74)34-66(20-18-48-15-16-49-14-10-40(35-70-4)33-68(49)37-67(48,66)21-23-79-68)38-72-65(69)71-22-19-51-45(36-73)8-7-9-58(51)80-60-30-44(13-17-55(60)75)64-57(77)31-54-59(81-64)32-61(78-5)63-53-28-47(24-39(2)3)56(76)29-46(53)27-52(43)62(54)63/h11-13,15-17,28-30,32,39-43,45,48-52,57-58,64,70,73-77H,6-10,14,18-27,31,33-38H2,1-5H3,(H3,69,71,72). The van der Waals surface area contributed by atoms with Crippen LogP contribution in [0.1, 0.15) is 157 Å². The fourth-order valence-corrected chi connectivity index (χ4v) is 18.6. The van der Waals surface area contributed by atoms with E-state index < -0.39 is 18.3 Å². The minimum absolute atomic E-state index is 0.00205. The maximum atomic E-state index is 13.0. The van der Waals surface area contributed by atoms with Crippen LogP contribution in [0.5, 0.6) is 28.7 Å². The molecule has 9 N–H and O–H groups in total. The Morgan fingerprint density at radius 3 is 2.52 bits per heavy atom. The van der Waals surface area contributed by atoms with Crippen LogP contribution in [0.3, 0.4) is 0 Å². The minimum Gasteiger partial charge on any atom is -0.508 e. The summed E-state index contributed by atoms with van der Waals surface area (Å²) >= 11 is 0. The first-order chi connectivity index (χ1) is 39.2. The number of guanidine groups is 1. The number of nitrogens with zero attached hydrogens (tertiary/aromatic N) is 1.